The number of esters is 1. The number of halogens is 1. The second-order valence-corrected chi connectivity index (χ2v) is 6.03. The topological polar surface area (TPSA) is 55.8 Å². The molecule has 1 aliphatic heterocycles. The van der Waals surface area contributed by atoms with E-state index in [2.05, 4.69) is 29.2 Å². The van der Waals surface area contributed by atoms with Crippen LogP contribution in [0, 0.1) is 3.57 Å². The molecule has 6 heteroatoms. The number of hydrogen-bond donors (Lipinski definition) is 0. The molecule has 0 spiro atoms. The van der Waals surface area contributed by atoms with E-state index in [1.54, 1.807) is 23.1 Å². The van der Waals surface area contributed by atoms with Gasteiger partial charge in [0, 0.05) is 13.0 Å². The summed E-state index contributed by atoms with van der Waals surface area (Å²) >= 11 is 2.11. The molecule has 1 amide bonds. The molecule has 1 saturated heterocycles. The van der Waals surface area contributed by atoms with Gasteiger partial charge in [-0.25, -0.2) is 4.79 Å². The summed E-state index contributed by atoms with van der Waals surface area (Å²) in [4.78, 5) is 25.5. The molecule has 22 heavy (non-hydrogen) atoms. The smallest absolute Gasteiger partial charge is 0.337 e. The van der Waals surface area contributed by atoms with Gasteiger partial charge in [0.2, 0.25) is 5.91 Å². The number of anilines is 1. The molecule has 1 heterocycles. The lowest BCUT2D eigenvalue weighted by Crippen LogP contribution is -2.25. The van der Waals surface area contributed by atoms with Gasteiger partial charge in [0.05, 0.1) is 28.5 Å². The second kappa shape index (κ2) is 7.62. The number of hydrogen-bond acceptors (Lipinski definition) is 4. The molecule has 0 bridgehead atoms. The molecule has 0 aliphatic carbocycles. The van der Waals surface area contributed by atoms with Crippen molar-refractivity contribution in [1.82, 2.24) is 0 Å². The molecule has 0 aromatic heterocycles. The molecular weight excluding hydrogens is 397 g/mol. The first kappa shape index (κ1) is 16.8. The molecule has 0 radical (unpaired) electrons. The van der Waals surface area contributed by atoms with Gasteiger partial charge in [-0.3, -0.25) is 4.79 Å². The quantitative estimate of drug-likeness (QED) is 0.310. The maximum atomic E-state index is 12.1. The van der Waals surface area contributed by atoms with Gasteiger partial charge in [-0.05, 0) is 47.6 Å². The van der Waals surface area contributed by atoms with Crippen molar-refractivity contribution in [3.8, 4) is 5.75 Å². The number of rotatable bonds is 6. The van der Waals surface area contributed by atoms with E-state index in [0.717, 1.165) is 9.99 Å². The summed E-state index contributed by atoms with van der Waals surface area (Å²) in [6.45, 7) is 4.78. The van der Waals surface area contributed by atoms with Crippen LogP contribution in [0.25, 0.3) is 0 Å². The Bertz CT molecular complexity index is 600. The van der Waals surface area contributed by atoms with Crippen molar-refractivity contribution in [1.29, 1.82) is 0 Å². The average molecular weight is 415 g/mol. The Labute approximate surface area is 143 Å². The van der Waals surface area contributed by atoms with Crippen LogP contribution in [0.5, 0.6) is 5.75 Å². The average Bonchev–Trinajstić information content (AvgIpc) is 2.93. The number of carbonyl (C=O) groups is 2. The SMILES string of the molecule is C=CCCOc1c(I)cc(C(=O)OC)cc1N1CCCC1=O. The number of amides is 1. The molecule has 0 unspecified atom stereocenters. The van der Waals surface area contributed by atoms with E-state index in [-0.39, 0.29) is 5.91 Å². The lowest BCUT2D eigenvalue weighted by Gasteiger charge is -2.21. The lowest BCUT2D eigenvalue weighted by atomic mass is 10.1. The number of nitrogens with zero attached hydrogens (tertiary/aromatic N) is 1. The van der Waals surface area contributed by atoms with E-state index in [1.165, 1.54) is 7.11 Å². The summed E-state index contributed by atoms with van der Waals surface area (Å²) in [5.74, 6) is 0.250. The largest absolute Gasteiger partial charge is 0.490 e. The van der Waals surface area contributed by atoms with Gasteiger partial charge >= 0.3 is 5.97 Å². The van der Waals surface area contributed by atoms with Gasteiger partial charge in [-0.1, -0.05) is 6.08 Å². The van der Waals surface area contributed by atoms with Crippen LogP contribution < -0.4 is 9.64 Å². The van der Waals surface area contributed by atoms with Gasteiger partial charge in [0.15, 0.2) is 5.75 Å². The van der Waals surface area contributed by atoms with E-state index in [4.69, 9.17) is 9.47 Å². The zero-order valence-electron chi connectivity index (χ0n) is 12.4. The monoisotopic (exact) mass is 415 g/mol. The first-order chi connectivity index (χ1) is 10.6. The summed E-state index contributed by atoms with van der Waals surface area (Å²) in [5.41, 5.74) is 1.05. The fourth-order valence-corrected chi connectivity index (χ4v) is 3.07. The lowest BCUT2D eigenvalue weighted by molar-refractivity contribution is -0.117. The van der Waals surface area contributed by atoms with Gasteiger partial charge in [-0.2, -0.15) is 0 Å². The maximum absolute atomic E-state index is 12.1. The summed E-state index contributed by atoms with van der Waals surface area (Å²) in [7, 11) is 1.34. The van der Waals surface area contributed by atoms with Crippen molar-refractivity contribution in [3.63, 3.8) is 0 Å². The molecular formula is C16H18INO4. The third-order valence-corrected chi connectivity index (χ3v) is 4.18. The van der Waals surface area contributed by atoms with Crippen molar-refractivity contribution >= 4 is 40.2 Å². The third-order valence-electron chi connectivity index (χ3n) is 3.38. The Morgan fingerprint density at radius 3 is 2.86 bits per heavy atom. The highest BCUT2D eigenvalue weighted by molar-refractivity contribution is 14.1. The summed E-state index contributed by atoms with van der Waals surface area (Å²) in [6.07, 6.45) is 3.81. The van der Waals surface area contributed by atoms with Crippen molar-refractivity contribution in [2.24, 2.45) is 0 Å². The van der Waals surface area contributed by atoms with E-state index in [1.807, 2.05) is 0 Å². The minimum absolute atomic E-state index is 0.0476. The highest BCUT2D eigenvalue weighted by Gasteiger charge is 2.27. The molecule has 5 nitrogen and oxygen atoms in total. The highest BCUT2D eigenvalue weighted by atomic mass is 127. The number of benzene rings is 1. The van der Waals surface area contributed by atoms with Crippen LogP contribution in [0.3, 0.4) is 0 Å². The zero-order chi connectivity index (χ0) is 16.1. The van der Waals surface area contributed by atoms with Crippen LogP contribution in [0.1, 0.15) is 29.6 Å². The van der Waals surface area contributed by atoms with E-state index >= 15 is 0 Å². The van der Waals surface area contributed by atoms with Crippen LogP contribution >= 0.6 is 22.6 Å². The maximum Gasteiger partial charge on any atom is 0.337 e. The normalized spacial score (nSPS) is 14.1. The van der Waals surface area contributed by atoms with Gasteiger partial charge < -0.3 is 14.4 Å². The minimum atomic E-state index is -0.427. The Hall–Kier alpha value is -1.57. The molecule has 1 fully saturated rings. The fourth-order valence-electron chi connectivity index (χ4n) is 2.31. The Morgan fingerprint density at radius 2 is 2.27 bits per heavy atom. The van der Waals surface area contributed by atoms with E-state index < -0.39 is 5.97 Å². The predicted molar refractivity (Wildman–Crippen MR) is 92.4 cm³/mol. The van der Waals surface area contributed by atoms with Crippen LogP contribution in [-0.2, 0) is 9.53 Å². The number of carbonyl (C=O) groups excluding carboxylic acids is 2. The minimum Gasteiger partial charge on any atom is -0.490 e. The van der Waals surface area contributed by atoms with Gasteiger partial charge in [0.1, 0.15) is 0 Å². The summed E-state index contributed by atoms with van der Waals surface area (Å²) in [6, 6.07) is 3.38. The molecule has 1 aliphatic rings. The van der Waals surface area contributed by atoms with E-state index in [9.17, 15) is 9.59 Å². The van der Waals surface area contributed by atoms with Crippen molar-refractivity contribution in [2.45, 2.75) is 19.3 Å². The third kappa shape index (κ3) is 3.60. The van der Waals surface area contributed by atoms with E-state index in [0.29, 0.717) is 43.0 Å². The van der Waals surface area contributed by atoms with Crippen molar-refractivity contribution in [3.05, 3.63) is 33.9 Å². The van der Waals surface area contributed by atoms with Crippen LogP contribution in [0.4, 0.5) is 5.69 Å². The first-order valence-electron chi connectivity index (χ1n) is 7.04. The van der Waals surface area contributed by atoms with Crippen LogP contribution in [0.15, 0.2) is 24.8 Å². The molecule has 1 aromatic carbocycles. The Morgan fingerprint density at radius 1 is 1.50 bits per heavy atom. The van der Waals surface area contributed by atoms with Crippen molar-refractivity contribution in [2.75, 3.05) is 25.2 Å². The fraction of sp³-hybridized carbons (Fsp3) is 0.375. The molecule has 118 valence electrons. The number of ether oxygens (including phenoxy) is 2. The van der Waals surface area contributed by atoms with Crippen molar-refractivity contribution < 1.29 is 19.1 Å². The standard InChI is InChI=1S/C16H18INO4/c1-3-4-8-22-15-12(17)9-11(16(20)21-2)10-13(15)18-7-5-6-14(18)19/h3,9-10H,1,4-8H2,2H3. The predicted octanol–water partition coefficient (Wildman–Crippen LogP) is 3.16. The van der Waals surface area contributed by atoms with Crippen LogP contribution in [0.2, 0.25) is 0 Å². The van der Waals surface area contributed by atoms with Crippen LogP contribution in [-0.4, -0.2) is 32.1 Å². The van der Waals surface area contributed by atoms with Gasteiger partial charge in [-0.15, -0.1) is 6.58 Å². The second-order valence-electron chi connectivity index (χ2n) is 4.87. The molecule has 0 saturated carbocycles. The molecule has 0 N–H and O–H groups in total. The van der Waals surface area contributed by atoms with Gasteiger partial charge in [0.25, 0.3) is 0 Å². The summed E-state index contributed by atoms with van der Waals surface area (Å²) in [5, 5.41) is 0. The first-order valence-corrected chi connectivity index (χ1v) is 8.12. The molecule has 1 aromatic rings. The molecule has 0 atom stereocenters. The summed E-state index contributed by atoms with van der Waals surface area (Å²) < 4.78 is 11.4. The zero-order valence-corrected chi connectivity index (χ0v) is 14.6. The molecule has 2 rings (SSSR count). The Kier molecular flexibility index (Phi) is 5.82. The highest BCUT2D eigenvalue weighted by Crippen LogP contribution is 2.37. The Balaban J connectivity index is 2.43. The number of methoxy groups -OCH3 is 1.